The molecule has 1 atom stereocenters. The fraction of sp³-hybridized carbons (Fsp3) is 0.300. The van der Waals surface area contributed by atoms with Crippen molar-refractivity contribution < 1.29 is 32.7 Å². The normalized spacial score (nSPS) is 17.1. The van der Waals surface area contributed by atoms with Crippen LogP contribution in [0.3, 0.4) is 0 Å². The van der Waals surface area contributed by atoms with Crippen LogP contribution in [0.4, 0.5) is 26.1 Å². The van der Waals surface area contributed by atoms with Crippen molar-refractivity contribution in [3.8, 4) is 22.5 Å². The number of aromatic nitrogens is 5. The zero-order valence-corrected chi connectivity index (χ0v) is 38.5. The maximum Gasteiger partial charge on any atom is 0.255 e. The van der Waals surface area contributed by atoms with Crippen LogP contribution in [-0.4, -0.2) is 116 Å². The molecule has 2 fully saturated rings. The third-order valence-electron chi connectivity index (χ3n) is 13.0. The van der Waals surface area contributed by atoms with Gasteiger partial charge in [0, 0.05) is 102 Å². The van der Waals surface area contributed by atoms with Gasteiger partial charge in [0.1, 0.15) is 30.0 Å². The van der Waals surface area contributed by atoms with E-state index < -0.39 is 23.6 Å². The second-order valence-electron chi connectivity index (χ2n) is 17.5. The van der Waals surface area contributed by atoms with Crippen LogP contribution in [0, 0.1) is 11.6 Å². The van der Waals surface area contributed by atoms with Crippen molar-refractivity contribution in [2.24, 2.45) is 4.99 Å². The number of benzene rings is 4. The monoisotopic (exact) mass is 968 g/mol. The Morgan fingerprint density at radius 3 is 2.51 bits per heavy atom. The number of imide groups is 1. The Hall–Kier alpha value is -7.32. The number of nitrogens with one attached hydrogen (secondary N) is 4. The number of carbonyl (C=O) groups is 4. The number of piperidine rings is 2. The quantitative estimate of drug-likeness (QED) is 0.0685. The van der Waals surface area contributed by atoms with Gasteiger partial charge in [-0.1, -0.05) is 47.1 Å². The predicted molar refractivity (Wildman–Crippen MR) is 256 cm³/mol. The summed E-state index contributed by atoms with van der Waals surface area (Å²) in [6.07, 6.45) is 5.95. The molecule has 0 aliphatic carbocycles. The van der Waals surface area contributed by atoms with Crippen molar-refractivity contribution in [2.45, 2.75) is 50.9 Å². The zero-order valence-electron chi connectivity index (χ0n) is 37.8. The third-order valence-corrected chi connectivity index (χ3v) is 13.2. The summed E-state index contributed by atoms with van der Waals surface area (Å²) in [6, 6.07) is 21.2. The first kappa shape index (κ1) is 46.4. The van der Waals surface area contributed by atoms with Gasteiger partial charge in [0.15, 0.2) is 0 Å². The van der Waals surface area contributed by atoms with E-state index in [2.05, 4.69) is 46.5 Å². The maximum absolute atomic E-state index is 15.0. The van der Waals surface area contributed by atoms with E-state index in [0.29, 0.717) is 63.3 Å². The molecule has 0 radical (unpaired) electrons. The minimum absolute atomic E-state index is 0.117. The highest BCUT2D eigenvalue weighted by Gasteiger charge is 2.40. The molecule has 358 valence electrons. The fourth-order valence-electron chi connectivity index (χ4n) is 9.33. The number of likely N-dealkylation sites (tertiary alicyclic amines) is 1. The van der Waals surface area contributed by atoms with Crippen molar-refractivity contribution >= 4 is 58.3 Å². The van der Waals surface area contributed by atoms with E-state index in [4.69, 9.17) is 21.3 Å². The van der Waals surface area contributed by atoms with Crippen LogP contribution >= 0.6 is 11.6 Å². The van der Waals surface area contributed by atoms with Crippen molar-refractivity contribution in [2.75, 3.05) is 56.6 Å². The van der Waals surface area contributed by atoms with Crippen LogP contribution in [0.5, 0.6) is 0 Å². The molecular weight excluding hydrogens is 922 g/mol. The fourth-order valence-corrected chi connectivity index (χ4v) is 9.50. The Morgan fingerprint density at radius 2 is 1.71 bits per heavy atom. The Bertz CT molecular complexity index is 3010. The molecule has 6 aromatic rings. The molecule has 10 rings (SSSR count). The smallest absolute Gasteiger partial charge is 0.255 e. The number of amides is 4. The number of rotatable bonds is 15. The molecule has 0 bridgehead atoms. The molecule has 1 unspecified atom stereocenters. The summed E-state index contributed by atoms with van der Waals surface area (Å²) in [6.45, 7) is 4.52. The molecule has 17 nitrogen and oxygen atoms in total. The Kier molecular flexibility index (Phi) is 13.5. The highest BCUT2D eigenvalue weighted by molar-refractivity contribution is 6.31. The summed E-state index contributed by atoms with van der Waals surface area (Å²) in [4.78, 5) is 67.7. The van der Waals surface area contributed by atoms with Gasteiger partial charge in [-0.2, -0.15) is 0 Å². The number of aliphatic imine (C=N–C) groups is 1. The first-order valence-corrected chi connectivity index (χ1v) is 23.5. The Labute approximate surface area is 405 Å². The Balaban J connectivity index is 0.651. The van der Waals surface area contributed by atoms with Gasteiger partial charge in [0.05, 0.1) is 42.4 Å². The van der Waals surface area contributed by atoms with E-state index in [-0.39, 0.29) is 67.6 Å². The van der Waals surface area contributed by atoms with Crippen molar-refractivity contribution in [3.63, 3.8) is 0 Å². The molecule has 0 spiro atoms. The molecule has 4 aliphatic heterocycles. The van der Waals surface area contributed by atoms with Crippen LogP contribution < -0.4 is 21.3 Å². The second kappa shape index (κ2) is 20.3. The number of halogens is 3. The minimum Gasteiger partial charge on any atom is -0.370 e. The lowest BCUT2D eigenvalue weighted by Crippen LogP contribution is -2.52. The van der Waals surface area contributed by atoms with E-state index in [1.165, 1.54) is 23.1 Å². The molecular formula is C50H47ClF2N12O5. The molecule has 4 aromatic carbocycles. The van der Waals surface area contributed by atoms with Crippen LogP contribution in [0.1, 0.15) is 64.3 Å². The third kappa shape index (κ3) is 9.91. The summed E-state index contributed by atoms with van der Waals surface area (Å²) in [5, 5.41) is 21.2. The maximum atomic E-state index is 15.0. The molecule has 20 heteroatoms. The summed E-state index contributed by atoms with van der Waals surface area (Å²) in [5.41, 5.74) is 6.27. The van der Waals surface area contributed by atoms with E-state index >= 15 is 0 Å². The van der Waals surface area contributed by atoms with Gasteiger partial charge in [0.25, 0.3) is 5.91 Å². The van der Waals surface area contributed by atoms with E-state index in [1.807, 2.05) is 35.1 Å². The molecule has 2 saturated heterocycles. The summed E-state index contributed by atoms with van der Waals surface area (Å²) in [7, 11) is 0. The summed E-state index contributed by atoms with van der Waals surface area (Å²) in [5.74, 6) is -2.59. The highest BCUT2D eigenvalue weighted by atomic mass is 35.5. The minimum atomic E-state index is -0.735. The lowest BCUT2D eigenvalue weighted by atomic mass is 9.95. The van der Waals surface area contributed by atoms with Crippen LogP contribution in [-0.2, 0) is 32.2 Å². The molecule has 70 heavy (non-hydrogen) atoms. The Morgan fingerprint density at radius 1 is 0.914 bits per heavy atom. The van der Waals surface area contributed by atoms with Gasteiger partial charge in [-0.3, -0.25) is 29.5 Å². The first-order valence-electron chi connectivity index (χ1n) is 23.1. The predicted octanol–water partition coefficient (Wildman–Crippen LogP) is 6.07. The van der Waals surface area contributed by atoms with Crippen molar-refractivity contribution in [1.29, 1.82) is 0 Å². The topological polar surface area (TPSA) is 201 Å². The lowest BCUT2D eigenvalue weighted by molar-refractivity contribution is -0.137. The van der Waals surface area contributed by atoms with Gasteiger partial charge >= 0.3 is 0 Å². The average Bonchev–Trinajstić information content (AvgIpc) is 3.94. The van der Waals surface area contributed by atoms with Crippen LogP contribution in [0.25, 0.3) is 22.5 Å². The molecule has 4 aliphatic rings. The zero-order chi connectivity index (χ0) is 48.3. The van der Waals surface area contributed by atoms with Crippen LogP contribution in [0.15, 0.2) is 96.2 Å². The number of hydrogen-bond donors (Lipinski definition) is 4. The van der Waals surface area contributed by atoms with Gasteiger partial charge in [0.2, 0.25) is 23.7 Å². The highest BCUT2D eigenvalue weighted by Crippen LogP contribution is 2.36. The number of fused-ring (bicyclic) bond motifs is 4. The number of carbonyl (C=O) groups excluding carboxylic acids is 4. The number of ether oxygens (including phenoxy) is 1. The SMILES string of the molecule is O=C1CCC(N2Cc3c(NC(=O)COCCNCCN4CCC(n5cc(-c6ccc(Nc7ncc8c(n7)-c7ccc(Cl)cc7C(c7c(F)cccc7F)=NC8)cc6)nn5)CC4)cccc3C2=O)C(=O)N1. The number of anilines is 3. The average molecular weight is 969 g/mol. The largest absolute Gasteiger partial charge is 0.370 e. The molecule has 0 saturated carbocycles. The summed E-state index contributed by atoms with van der Waals surface area (Å²) < 4.78 is 37.5. The van der Waals surface area contributed by atoms with Crippen molar-refractivity contribution in [1.82, 2.24) is 45.4 Å². The van der Waals surface area contributed by atoms with E-state index in [9.17, 15) is 28.0 Å². The van der Waals surface area contributed by atoms with Gasteiger partial charge in [-0.25, -0.2) is 23.4 Å². The van der Waals surface area contributed by atoms with E-state index in [0.717, 1.165) is 56.0 Å². The molecule has 4 amide bonds. The van der Waals surface area contributed by atoms with Gasteiger partial charge in [-0.15, -0.1) is 5.10 Å². The standard InChI is InChI=1S/C50H47ClF2N12O5/c51-31-9-12-34-36(23-31)47(45-38(52)4-2-5-39(45)53)55-24-30-25-56-50(60-46(30)34)57-32-10-7-29(8-11-32)41-27-65(62-61-41)33-15-19-63(20-16-33)21-17-54-18-22-70-28-44(67)58-40-6-1-3-35-37(40)26-64(49(35)69)42-13-14-43(66)59-48(42)68/h1-12,23,25,27,33,42,54H,13-22,24,26,28H2,(H,58,67)(H,56,57,60)(H,59,66,68). The lowest BCUT2D eigenvalue weighted by Gasteiger charge is -2.31. The number of nitrogens with zero attached hydrogens (tertiary/aromatic N) is 8. The van der Waals surface area contributed by atoms with Crippen LogP contribution in [0.2, 0.25) is 5.02 Å². The first-order chi connectivity index (χ1) is 34.1. The van der Waals surface area contributed by atoms with Gasteiger partial charge < -0.3 is 30.5 Å². The second-order valence-corrected chi connectivity index (χ2v) is 17.9. The van der Waals surface area contributed by atoms with Gasteiger partial charge in [-0.05, 0) is 67.8 Å². The van der Waals surface area contributed by atoms with Crippen molar-refractivity contribution in [3.05, 3.63) is 136 Å². The molecule has 4 N–H and O–H groups in total. The van der Waals surface area contributed by atoms with E-state index in [1.54, 1.807) is 42.6 Å². The summed E-state index contributed by atoms with van der Waals surface area (Å²) >= 11 is 6.38. The molecule has 2 aromatic heterocycles. The number of hydrogen-bond acceptors (Lipinski definition) is 13. The molecule has 6 heterocycles.